The van der Waals surface area contributed by atoms with E-state index in [0.29, 0.717) is 11.7 Å². The van der Waals surface area contributed by atoms with E-state index in [0.717, 1.165) is 17.4 Å². The molecule has 0 aromatic carbocycles. The monoisotopic (exact) mass is 255 g/mol. The van der Waals surface area contributed by atoms with Gasteiger partial charge in [0.15, 0.2) is 5.16 Å². The van der Waals surface area contributed by atoms with Crippen LogP contribution in [0.15, 0.2) is 5.16 Å². The second kappa shape index (κ2) is 6.10. The summed E-state index contributed by atoms with van der Waals surface area (Å²) in [5, 5.41) is 3.56. The molecule has 0 unspecified atom stereocenters. The number of rotatable bonds is 5. The van der Waals surface area contributed by atoms with Crippen molar-refractivity contribution in [1.82, 2.24) is 14.9 Å². The van der Waals surface area contributed by atoms with E-state index >= 15 is 0 Å². The minimum atomic E-state index is 0.0319. The number of thioether (sulfide) groups is 1. The largest absolute Gasteiger partial charge is 0.358 e. The molecule has 0 radical (unpaired) electrons. The van der Waals surface area contributed by atoms with Crippen LogP contribution in [-0.4, -0.2) is 28.3 Å². The highest BCUT2D eigenvalue weighted by atomic mass is 32.2. The molecule has 1 heterocycles. The van der Waals surface area contributed by atoms with Crippen LogP contribution in [0, 0.1) is 19.8 Å². The molecule has 0 aliphatic carbocycles. The number of amides is 1. The summed E-state index contributed by atoms with van der Waals surface area (Å²) in [5.41, 5.74) is 2.24. The summed E-state index contributed by atoms with van der Waals surface area (Å²) in [7, 11) is 1.65. The fourth-order valence-corrected chi connectivity index (χ4v) is 2.49. The molecule has 5 heteroatoms. The first-order valence-corrected chi connectivity index (χ1v) is 6.81. The van der Waals surface area contributed by atoms with Crippen LogP contribution < -0.4 is 5.32 Å². The minimum Gasteiger partial charge on any atom is -0.358 e. The van der Waals surface area contributed by atoms with Crippen molar-refractivity contribution in [3.63, 3.8) is 0 Å². The van der Waals surface area contributed by atoms with Gasteiger partial charge in [-0.25, -0.2) is 4.98 Å². The van der Waals surface area contributed by atoms with E-state index in [2.05, 4.69) is 35.6 Å². The lowest BCUT2D eigenvalue weighted by atomic mass is 10.2. The summed E-state index contributed by atoms with van der Waals surface area (Å²) in [6.07, 6.45) is 0. The van der Waals surface area contributed by atoms with E-state index < -0.39 is 0 Å². The molecule has 1 rings (SSSR count). The molecule has 1 aromatic rings. The Hall–Kier alpha value is -0.970. The van der Waals surface area contributed by atoms with Gasteiger partial charge in [0.2, 0.25) is 5.91 Å². The summed E-state index contributed by atoms with van der Waals surface area (Å²) in [6, 6.07) is 0. The van der Waals surface area contributed by atoms with Crippen molar-refractivity contribution in [1.29, 1.82) is 0 Å². The highest BCUT2D eigenvalue weighted by Gasteiger charge is 2.13. The normalized spacial score (nSPS) is 10.9. The Morgan fingerprint density at radius 3 is 2.65 bits per heavy atom. The van der Waals surface area contributed by atoms with Gasteiger partial charge in [-0.05, 0) is 19.8 Å². The van der Waals surface area contributed by atoms with Crippen molar-refractivity contribution in [2.24, 2.45) is 5.92 Å². The van der Waals surface area contributed by atoms with Gasteiger partial charge < -0.3 is 9.88 Å². The molecular weight excluding hydrogens is 234 g/mol. The molecule has 0 atom stereocenters. The molecule has 1 amide bonds. The highest BCUT2D eigenvalue weighted by molar-refractivity contribution is 7.99. The number of aromatic nitrogens is 2. The lowest BCUT2D eigenvalue weighted by Gasteiger charge is -2.11. The number of aryl methyl sites for hydroxylation is 1. The van der Waals surface area contributed by atoms with Gasteiger partial charge in [-0.3, -0.25) is 4.79 Å². The third-order valence-electron chi connectivity index (χ3n) is 2.58. The maximum Gasteiger partial charge on any atom is 0.230 e. The standard InChI is InChI=1S/C12H21N3OS/c1-8(2)6-15-10(4)9(3)14-12(15)17-7-11(16)13-5/h8H,6-7H2,1-5H3,(H,13,16). The molecule has 0 saturated carbocycles. The van der Waals surface area contributed by atoms with Crippen molar-refractivity contribution in [3.8, 4) is 0 Å². The number of carbonyl (C=O) groups is 1. The van der Waals surface area contributed by atoms with Crippen LogP contribution in [-0.2, 0) is 11.3 Å². The van der Waals surface area contributed by atoms with Crippen LogP contribution in [0.5, 0.6) is 0 Å². The fourth-order valence-electron chi connectivity index (χ4n) is 1.52. The van der Waals surface area contributed by atoms with Crippen molar-refractivity contribution < 1.29 is 4.79 Å². The maximum absolute atomic E-state index is 11.2. The van der Waals surface area contributed by atoms with Gasteiger partial charge in [0.1, 0.15) is 0 Å². The molecule has 4 nitrogen and oxygen atoms in total. The number of carbonyl (C=O) groups excluding carboxylic acids is 1. The Labute approximate surface area is 107 Å². The molecule has 0 aliphatic heterocycles. The van der Waals surface area contributed by atoms with Gasteiger partial charge in [-0.2, -0.15) is 0 Å². The van der Waals surface area contributed by atoms with E-state index in [4.69, 9.17) is 0 Å². The molecular formula is C12H21N3OS. The number of imidazole rings is 1. The van der Waals surface area contributed by atoms with Crippen LogP contribution in [0.1, 0.15) is 25.2 Å². The lowest BCUT2D eigenvalue weighted by molar-refractivity contribution is -0.118. The third kappa shape index (κ3) is 3.77. The van der Waals surface area contributed by atoms with E-state index in [1.807, 2.05) is 6.92 Å². The smallest absolute Gasteiger partial charge is 0.230 e. The van der Waals surface area contributed by atoms with Crippen LogP contribution in [0.2, 0.25) is 0 Å². The molecule has 1 aromatic heterocycles. The van der Waals surface area contributed by atoms with Gasteiger partial charge in [-0.15, -0.1) is 0 Å². The van der Waals surface area contributed by atoms with Gasteiger partial charge in [0, 0.05) is 19.3 Å². The zero-order chi connectivity index (χ0) is 13.0. The van der Waals surface area contributed by atoms with E-state index in [-0.39, 0.29) is 5.91 Å². The first-order chi connectivity index (χ1) is 7.95. The summed E-state index contributed by atoms with van der Waals surface area (Å²) in [6.45, 7) is 9.40. The average molecular weight is 255 g/mol. The SMILES string of the molecule is CNC(=O)CSc1nc(C)c(C)n1CC(C)C. The minimum absolute atomic E-state index is 0.0319. The lowest BCUT2D eigenvalue weighted by Crippen LogP contribution is -2.20. The molecule has 17 heavy (non-hydrogen) atoms. The molecule has 96 valence electrons. The topological polar surface area (TPSA) is 46.9 Å². The zero-order valence-corrected chi connectivity index (χ0v) is 12.0. The molecule has 0 aliphatic rings. The van der Waals surface area contributed by atoms with Crippen molar-refractivity contribution in [2.75, 3.05) is 12.8 Å². The van der Waals surface area contributed by atoms with Gasteiger partial charge >= 0.3 is 0 Å². The molecule has 1 N–H and O–H groups in total. The molecule has 0 fully saturated rings. The Morgan fingerprint density at radius 1 is 1.47 bits per heavy atom. The quantitative estimate of drug-likeness (QED) is 0.819. The van der Waals surface area contributed by atoms with Crippen LogP contribution in [0.4, 0.5) is 0 Å². The van der Waals surface area contributed by atoms with Gasteiger partial charge in [-0.1, -0.05) is 25.6 Å². The Kier molecular flexibility index (Phi) is 5.05. The second-order valence-electron chi connectivity index (χ2n) is 4.53. The van der Waals surface area contributed by atoms with E-state index in [1.165, 1.54) is 17.5 Å². The number of nitrogens with zero attached hydrogens (tertiary/aromatic N) is 2. The summed E-state index contributed by atoms with van der Waals surface area (Å²) >= 11 is 1.50. The average Bonchev–Trinajstić information content (AvgIpc) is 2.53. The van der Waals surface area contributed by atoms with Crippen LogP contribution in [0.25, 0.3) is 0 Å². The van der Waals surface area contributed by atoms with Gasteiger partial charge in [0.25, 0.3) is 0 Å². The van der Waals surface area contributed by atoms with Crippen molar-refractivity contribution in [3.05, 3.63) is 11.4 Å². The van der Waals surface area contributed by atoms with Crippen molar-refractivity contribution in [2.45, 2.75) is 39.4 Å². The highest BCUT2D eigenvalue weighted by Crippen LogP contribution is 2.22. The second-order valence-corrected chi connectivity index (χ2v) is 5.47. The van der Waals surface area contributed by atoms with Crippen LogP contribution in [0.3, 0.4) is 0 Å². The zero-order valence-electron chi connectivity index (χ0n) is 11.2. The number of hydrogen-bond donors (Lipinski definition) is 1. The predicted molar refractivity (Wildman–Crippen MR) is 71.3 cm³/mol. The number of hydrogen-bond acceptors (Lipinski definition) is 3. The molecule has 0 saturated heterocycles. The van der Waals surface area contributed by atoms with Gasteiger partial charge in [0.05, 0.1) is 11.4 Å². The first-order valence-electron chi connectivity index (χ1n) is 5.82. The van der Waals surface area contributed by atoms with Crippen molar-refractivity contribution >= 4 is 17.7 Å². The third-order valence-corrected chi connectivity index (χ3v) is 3.56. The maximum atomic E-state index is 11.2. The predicted octanol–water partition coefficient (Wildman–Crippen LogP) is 1.99. The molecule has 0 bridgehead atoms. The first kappa shape index (κ1) is 14.1. The molecule has 0 spiro atoms. The summed E-state index contributed by atoms with van der Waals surface area (Å²) in [4.78, 5) is 15.8. The fraction of sp³-hybridized carbons (Fsp3) is 0.667. The summed E-state index contributed by atoms with van der Waals surface area (Å²) < 4.78 is 2.20. The van der Waals surface area contributed by atoms with Crippen LogP contribution >= 0.6 is 11.8 Å². The number of nitrogens with one attached hydrogen (secondary N) is 1. The Morgan fingerprint density at radius 2 is 2.12 bits per heavy atom. The summed E-state index contributed by atoms with van der Waals surface area (Å²) in [5.74, 6) is 1.02. The Bertz CT molecular complexity index is 399. The van der Waals surface area contributed by atoms with E-state index in [9.17, 15) is 4.79 Å². The van der Waals surface area contributed by atoms with E-state index in [1.54, 1.807) is 7.05 Å². The Balaban J connectivity index is 2.83.